The van der Waals surface area contributed by atoms with Crippen molar-refractivity contribution in [1.82, 2.24) is 14.4 Å². The summed E-state index contributed by atoms with van der Waals surface area (Å²) in [6, 6.07) is 15.7. The lowest BCUT2D eigenvalue weighted by Gasteiger charge is -2.45. The average molecular weight is 533 g/mol. The number of rotatable bonds is 7. The van der Waals surface area contributed by atoms with Gasteiger partial charge in [0.15, 0.2) is 0 Å². The third-order valence-corrected chi connectivity index (χ3v) is 7.85. The minimum absolute atomic E-state index is 0.0125. The first-order valence-electron chi connectivity index (χ1n) is 13.6. The second-order valence-electron chi connectivity index (χ2n) is 11.2. The Morgan fingerprint density at radius 2 is 1.85 bits per heavy atom. The van der Waals surface area contributed by atoms with E-state index < -0.39 is 17.4 Å². The van der Waals surface area contributed by atoms with Crippen LogP contribution in [-0.4, -0.2) is 50.5 Å². The Morgan fingerprint density at radius 1 is 1.08 bits per heavy atom. The number of benzene rings is 2. The summed E-state index contributed by atoms with van der Waals surface area (Å²) in [7, 11) is 1.91. The number of carbonyl (C=O) groups excluding carboxylic acids is 2. The minimum Gasteiger partial charge on any atom is -0.491 e. The van der Waals surface area contributed by atoms with Gasteiger partial charge in [0.2, 0.25) is 0 Å². The van der Waals surface area contributed by atoms with Crippen LogP contribution in [0.4, 0.5) is 14.9 Å². The van der Waals surface area contributed by atoms with Crippen LogP contribution in [0.15, 0.2) is 60.8 Å². The van der Waals surface area contributed by atoms with Gasteiger partial charge in [0.25, 0.3) is 5.91 Å². The van der Waals surface area contributed by atoms with E-state index >= 15 is 0 Å². The molecule has 0 radical (unpaired) electrons. The Labute approximate surface area is 229 Å². The van der Waals surface area contributed by atoms with Crippen molar-refractivity contribution in [2.45, 2.75) is 71.3 Å². The first-order chi connectivity index (χ1) is 18.6. The molecule has 3 heterocycles. The molecule has 5 rings (SSSR count). The van der Waals surface area contributed by atoms with E-state index in [4.69, 9.17) is 4.74 Å². The number of likely N-dealkylation sites (tertiary alicyclic amines) is 1. The number of aryl methyl sites for hydroxylation is 2. The van der Waals surface area contributed by atoms with Crippen LogP contribution in [0.2, 0.25) is 0 Å². The molecular formula is C31H37FN4O3. The quantitative estimate of drug-likeness (QED) is 0.369. The lowest BCUT2D eigenvalue weighted by molar-refractivity contribution is -0.133. The molecule has 1 spiro atoms. The van der Waals surface area contributed by atoms with E-state index in [1.54, 1.807) is 17.0 Å². The summed E-state index contributed by atoms with van der Waals surface area (Å²) in [6.07, 6.45) is 2.99. The normalized spacial score (nSPS) is 22.0. The van der Waals surface area contributed by atoms with Crippen LogP contribution >= 0.6 is 0 Å². The van der Waals surface area contributed by atoms with Crippen LogP contribution in [0.3, 0.4) is 0 Å². The fourth-order valence-electron chi connectivity index (χ4n) is 6.08. The van der Waals surface area contributed by atoms with Gasteiger partial charge in [-0.1, -0.05) is 18.2 Å². The maximum atomic E-state index is 14.3. The van der Waals surface area contributed by atoms with Crippen molar-refractivity contribution in [1.29, 1.82) is 0 Å². The van der Waals surface area contributed by atoms with Crippen molar-refractivity contribution < 1.29 is 18.7 Å². The van der Waals surface area contributed by atoms with Crippen molar-refractivity contribution in [2.75, 3.05) is 11.4 Å². The monoisotopic (exact) mass is 532 g/mol. The summed E-state index contributed by atoms with van der Waals surface area (Å²) in [5.41, 5.74) is 2.42. The van der Waals surface area contributed by atoms with Crippen molar-refractivity contribution in [2.24, 2.45) is 7.05 Å². The van der Waals surface area contributed by atoms with Crippen molar-refractivity contribution in [3.8, 4) is 5.75 Å². The molecular weight excluding hydrogens is 495 g/mol. The van der Waals surface area contributed by atoms with Gasteiger partial charge in [-0.3, -0.25) is 19.5 Å². The summed E-state index contributed by atoms with van der Waals surface area (Å²) >= 11 is 0. The lowest BCUT2D eigenvalue weighted by atomic mass is 9.81. The van der Waals surface area contributed by atoms with Crippen molar-refractivity contribution in [3.05, 3.63) is 83.4 Å². The van der Waals surface area contributed by atoms with E-state index in [2.05, 4.69) is 24.0 Å². The second kappa shape index (κ2) is 10.5. The third-order valence-electron chi connectivity index (χ3n) is 7.85. The number of ether oxygens (including phenoxy) is 1. The molecule has 7 nitrogen and oxygen atoms in total. The molecule has 39 heavy (non-hydrogen) atoms. The lowest BCUT2D eigenvalue weighted by Crippen LogP contribution is -2.59. The van der Waals surface area contributed by atoms with E-state index in [1.165, 1.54) is 17.0 Å². The number of hydrogen-bond acceptors (Lipinski definition) is 4. The summed E-state index contributed by atoms with van der Waals surface area (Å²) in [5.74, 6) is 0.187. The van der Waals surface area contributed by atoms with Crippen LogP contribution in [-0.2, 0) is 24.9 Å². The molecule has 206 valence electrons. The first-order valence-corrected chi connectivity index (χ1v) is 13.6. The molecule has 3 amide bonds. The summed E-state index contributed by atoms with van der Waals surface area (Å²) in [5, 5.41) is 0. The van der Waals surface area contributed by atoms with Crippen molar-refractivity contribution in [3.63, 3.8) is 0 Å². The van der Waals surface area contributed by atoms with Gasteiger partial charge in [-0.05, 0) is 88.1 Å². The molecule has 0 unspecified atom stereocenters. The number of piperidine rings is 1. The molecule has 2 aromatic carbocycles. The van der Waals surface area contributed by atoms with Gasteiger partial charge in [0, 0.05) is 43.8 Å². The Morgan fingerprint density at radius 3 is 2.51 bits per heavy atom. The van der Waals surface area contributed by atoms with Crippen molar-refractivity contribution >= 4 is 17.6 Å². The predicted octanol–water partition coefficient (Wildman–Crippen LogP) is 5.65. The average Bonchev–Trinajstić information content (AvgIpc) is 3.28. The Bertz CT molecular complexity index is 1390. The van der Waals surface area contributed by atoms with Gasteiger partial charge in [-0.15, -0.1) is 0 Å². The number of nitrogens with zero attached hydrogens (tertiary/aromatic N) is 4. The Kier molecular flexibility index (Phi) is 7.25. The molecule has 2 aliphatic heterocycles. The van der Waals surface area contributed by atoms with Gasteiger partial charge in [-0.2, -0.15) is 0 Å². The zero-order valence-electron chi connectivity index (χ0n) is 23.4. The number of halogens is 1. The van der Waals surface area contributed by atoms with Gasteiger partial charge in [0.05, 0.1) is 12.6 Å². The standard InChI is InChI=1S/C31H37FN4O3/c1-21(2)39-28-11-6-8-24(15-28)19-34-13-12-31(17-23(34)4)29(37)35(20-27-14-22(3)18-33(27)5)30(38)36(31)26-10-7-9-25(32)16-26/h6-11,14-16,18,21,23H,12-13,17,19-20H2,1-5H3/t23-,31+/m0/s1. The van der Waals surface area contributed by atoms with Gasteiger partial charge >= 0.3 is 6.03 Å². The molecule has 1 aromatic heterocycles. The topological polar surface area (TPSA) is 58.0 Å². The zero-order chi connectivity index (χ0) is 27.9. The molecule has 0 N–H and O–H groups in total. The van der Waals surface area contributed by atoms with E-state index in [1.807, 2.05) is 56.8 Å². The molecule has 3 aromatic rings. The highest BCUT2D eigenvalue weighted by atomic mass is 19.1. The zero-order valence-corrected chi connectivity index (χ0v) is 23.4. The molecule has 2 aliphatic rings. The van der Waals surface area contributed by atoms with Gasteiger partial charge < -0.3 is 9.30 Å². The molecule has 2 fully saturated rings. The summed E-state index contributed by atoms with van der Waals surface area (Å²) < 4.78 is 22.1. The Balaban J connectivity index is 1.43. The highest BCUT2D eigenvalue weighted by Crippen LogP contribution is 2.43. The highest BCUT2D eigenvalue weighted by Gasteiger charge is 2.59. The molecule has 0 aliphatic carbocycles. The third kappa shape index (κ3) is 5.17. The molecule has 2 atom stereocenters. The number of anilines is 1. The summed E-state index contributed by atoms with van der Waals surface area (Å²) in [6.45, 7) is 9.60. The molecule has 0 bridgehead atoms. The number of urea groups is 1. The first kappa shape index (κ1) is 26.9. The maximum Gasteiger partial charge on any atom is 0.332 e. The minimum atomic E-state index is -1.07. The largest absolute Gasteiger partial charge is 0.491 e. The van der Waals surface area contributed by atoms with Crippen LogP contribution in [0.1, 0.15) is 50.4 Å². The number of imide groups is 1. The number of carbonyl (C=O) groups is 2. The van der Waals surface area contributed by atoms with Crippen LogP contribution in [0.25, 0.3) is 0 Å². The molecule has 0 saturated carbocycles. The number of aromatic nitrogens is 1. The number of hydrogen-bond donors (Lipinski definition) is 0. The predicted molar refractivity (Wildman–Crippen MR) is 149 cm³/mol. The molecule has 8 heteroatoms. The van der Waals surface area contributed by atoms with E-state index in [0.717, 1.165) is 22.6 Å². The Hall–Kier alpha value is -3.65. The van der Waals surface area contributed by atoms with Gasteiger partial charge in [-0.25, -0.2) is 9.18 Å². The van der Waals surface area contributed by atoms with E-state index in [9.17, 15) is 14.0 Å². The SMILES string of the molecule is Cc1cc(CN2C(=O)N(c3cccc(F)c3)[C@@]3(CCN(Cc4cccc(OC(C)C)c4)[C@@H](C)C3)C2=O)n(C)c1. The molecule has 2 saturated heterocycles. The van der Waals surface area contributed by atoms with Crippen LogP contribution in [0, 0.1) is 12.7 Å². The smallest absolute Gasteiger partial charge is 0.332 e. The van der Waals surface area contributed by atoms with Crippen LogP contribution < -0.4 is 9.64 Å². The highest BCUT2D eigenvalue weighted by molar-refractivity contribution is 6.16. The maximum absolute atomic E-state index is 14.3. The van der Waals surface area contributed by atoms with E-state index in [-0.39, 0.29) is 24.6 Å². The second-order valence-corrected chi connectivity index (χ2v) is 11.2. The van der Waals surface area contributed by atoms with Gasteiger partial charge in [0.1, 0.15) is 17.1 Å². The summed E-state index contributed by atoms with van der Waals surface area (Å²) in [4.78, 5) is 33.3. The fourth-order valence-corrected chi connectivity index (χ4v) is 6.08. The van der Waals surface area contributed by atoms with E-state index in [0.29, 0.717) is 31.6 Å². The fraction of sp³-hybridized carbons (Fsp3) is 0.419. The van der Waals surface area contributed by atoms with Crippen LogP contribution in [0.5, 0.6) is 5.75 Å². The number of amides is 3.